The zero-order valence-electron chi connectivity index (χ0n) is 15.9. The van der Waals surface area contributed by atoms with Crippen molar-refractivity contribution in [2.45, 2.75) is 12.8 Å². The first-order valence-corrected chi connectivity index (χ1v) is 9.78. The second-order valence-corrected chi connectivity index (χ2v) is 7.04. The summed E-state index contributed by atoms with van der Waals surface area (Å²) in [4.78, 5) is 11.4. The molecule has 1 saturated heterocycles. The number of aromatic nitrogens is 4. The Labute approximate surface area is 168 Å². The number of hydrogen-bond donors (Lipinski definition) is 2. The van der Waals surface area contributed by atoms with Gasteiger partial charge in [-0.05, 0) is 49.2 Å². The zero-order valence-corrected chi connectivity index (χ0v) is 15.9. The molecule has 7 heteroatoms. The van der Waals surface area contributed by atoms with Gasteiger partial charge in [-0.25, -0.2) is 0 Å². The standard InChI is InChI=1S/C22H21N7/c1-2-14-29(13-1)18-10-8-17(9-11-18)25-20-15-24-28-22(27-20)26-19-7-3-5-16-6-4-12-23-21(16)19/h3-12,15H,1-2,13-14H2,(H2,25,26,27,28). The smallest absolute Gasteiger partial charge is 0.249 e. The average molecular weight is 383 g/mol. The summed E-state index contributed by atoms with van der Waals surface area (Å²) in [5.74, 6) is 1.05. The Morgan fingerprint density at radius 3 is 2.55 bits per heavy atom. The van der Waals surface area contributed by atoms with Crippen LogP contribution < -0.4 is 15.5 Å². The number of pyridine rings is 1. The molecule has 144 valence electrons. The maximum absolute atomic E-state index is 4.54. The monoisotopic (exact) mass is 383 g/mol. The SMILES string of the molecule is c1cnc2c(Nc3nncc(Nc4ccc(N5CCCC5)cc4)n3)cccc2c1. The van der Waals surface area contributed by atoms with Crippen molar-refractivity contribution < 1.29 is 0 Å². The molecule has 1 aliphatic rings. The fraction of sp³-hybridized carbons (Fsp3) is 0.182. The number of anilines is 5. The summed E-state index contributed by atoms with van der Waals surface area (Å²) in [6.45, 7) is 2.28. The van der Waals surface area contributed by atoms with E-state index in [1.807, 2.05) is 30.3 Å². The number of nitrogens with one attached hydrogen (secondary N) is 2. The lowest BCUT2D eigenvalue weighted by Gasteiger charge is -2.17. The lowest BCUT2D eigenvalue weighted by atomic mass is 10.2. The van der Waals surface area contributed by atoms with Crippen LogP contribution in [0.5, 0.6) is 0 Å². The van der Waals surface area contributed by atoms with Crippen molar-refractivity contribution in [3.05, 3.63) is 67.0 Å². The van der Waals surface area contributed by atoms with Gasteiger partial charge in [0.1, 0.15) is 0 Å². The number of nitrogens with zero attached hydrogens (tertiary/aromatic N) is 5. The van der Waals surface area contributed by atoms with Gasteiger partial charge in [-0.2, -0.15) is 10.1 Å². The van der Waals surface area contributed by atoms with Gasteiger partial charge >= 0.3 is 0 Å². The molecule has 0 amide bonds. The van der Waals surface area contributed by atoms with Gasteiger partial charge in [0.25, 0.3) is 0 Å². The van der Waals surface area contributed by atoms with E-state index in [0.29, 0.717) is 11.8 Å². The Hall–Kier alpha value is -3.74. The molecule has 4 aromatic rings. The quantitative estimate of drug-likeness (QED) is 0.525. The average Bonchev–Trinajstić information content (AvgIpc) is 3.30. The fourth-order valence-electron chi connectivity index (χ4n) is 3.62. The molecule has 0 saturated carbocycles. The van der Waals surface area contributed by atoms with Crippen LogP contribution in [0.4, 0.5) is 28.8 Å². The first-order valence-electron chi connectivity index (χ1n) is 9.78. The third-order valence-corrected chi connectivity index (χ3v) is 5.05. The predicted molar refractivity (Wildman–Crippen MR) is 116 cm³/mol. The largest absolute Gasteiger partial charge is 0.372 e. The van der Waals surface area contributed by atoms with Gasteiger partial charge in [0.15, 0.2) is 5.82 Å². The Kier molecular flexibility index (Phi) is 4.62. The second-order valence-electron chi connectivity index (χ2n) is 7.04. The van der Waals surface area contributed by atoms with Crippen molar-refractivity contribution in [1.29, 1.82) is 0 Å². The van der Waals surface area contributed by atoms with Crippen LogP contribution in [0.25, 0.3) is 10.9 Å². The summed E-state index contributed by atoms with van der Waals surface area (Å²) in [7, 11) is 0. The van der Waals surface area contributed by atoms with Crippen LogP contribution in [0, 0.1) is 0 Å². The minimum absolute atomic E-state index is 0.418. The summed E-state index contributed by atoms with van der Waals surface area (Å²) in [6, 6.07) is 18.3. The van der Waals surface area contributed by atoms with E-state index < -0.39 is 0 Å². The minimum Gasteiger partial charge on any atom is -0.372 e. The van der Waals surface area contributed by atoms with Gasteiger partial charge in [-0.15, -0.1) is 5.10 Å². The molecule has 2 N–H and O–H groups in total. The van der Waals surface area contributed by atoms with E-state index in [-0.39, 0.29) is 0 Å². The third kappa shape index (κ3) is 3.80. The number of hydrogen-bond acceptors (Lipinski definition) is 7. The summed E-state index contributed by atoms with van der Waals surface area (Å²) < 4.78 is 0. The topological polar surface area (TPSA) is 78.9 Å². The number of rotatable bonds is 5. The van der Waals surface area contributed by atoms with Gasteiger partial charge < -0.3 is 15.5 Å². The van der Waals surface area contributed by atoms with Crippen LogP contribution in [0.3, 0.4) is 0 Å². The fourth-order valence-corrected chi connectivity index (χ4v) is 3.62. The molecule has 0 aliphatic carbocycles. The van der Waals surface area contributed by atoms with E-state index in [0.717, 1.165) is 35.4 Å². The maximum atomic E-state index is 4.54. The first kappa shape index (κ1) is 17.4. The van der Waals surface area contributed by atoms with E-state index in [1.54, 1.807) is 12.4 Å². The maximum Gasteiger partial charge on any atom is 0.249 e. The van der Waals surface area contributed by atoms with Gasteiger partial charge in [0.05, 0.1) is 17.4 Å². The van der Waals surface area contributed by atoms with Crippen LogP contribution >= 0.6 is 0 Å². The van der Waals surface area contributed by atoms with E-state index >= 15 is 0 Å². The lowest BCUT2D eigenvalue weighted by molar-refractivity contribution is 0.949. The van der Waals surface area contributed by atoms with Crippen molar-refractivity contribution in [3.8, 4) is 0 Å². The molecule has 2 aromatic carbocycles. The van der Waals surface area contributed by atoms with Gasteiger partial charge in [0, 0.05) is 36.0 Å². The Morgan fingerprint density at radius 1 is 0.862 bits per heavy atom. The molecule has 29 heavy (non-hydrogen) atoms. The van der Waals surface area contributed by atoms with Crippen LogP contribution in [0.15, 0.2) is 67.0 Å². The van der Waals surface area contributed by atoms with Crippen LogP contribution in [-0.2, 0) is 0 Å². The van der Waals surface area contributed by atoms with Crippen LogP contribution in [0.1, 0.15) is 12.8 Å². The van der Waals surface area contributed by atoms with Crippen LogP contribution in [-0.4, -0.2) is 33.3 Å². The minimum atomic E-state index is 0.418. The Morgan fingerprint density at radius 2 is 1.69 bits per heavy atom. The highest BCUT2D eigenvalue weighted by molar-refractivity contribution is 5.91. The van der Waals surface area contributed by atoms with Crippen LogP contribution in [0.2, 0.25) is 0 Å². The number of fused-ring (bicyclic) bond motifs is 1. The molecule has 0 radical (unpaired) electrons. The first-order chi connectivity index (χ1) is 14.3. The normalized spacial score (nSPS) is 13.6. The molecule has 1 fully saturated rings. The lowest BCUT2D eigenvalue weighted by Crippen LogP contribution is -2.17. The number of benzene rings is 2. The van der Waals surface area contributed by atoms with Gasteiger partial charge in [-0.1, -0.05) is 18.2 Å². The summed E-state index contributed by atoms with van der Waals surface area (Å²) in [5, 5.41) is 15.8. The second kappa shape index (κ2) is 7.71. The molecule has 5 rings (SSSR count). The van der Waals surface area contributed by atoms with E-state index in [4.69, 9.17) is 0 Å². The molecule has 2 aromatic heterocycles. The Balaban J connectivity index is 1.33. The molecule has 0 bridgehead atoms. The zero-order chi connectivity index (χ0) is 19.5. The number of para-hydroxylation sites is 1. The predicted octanol–water partition coefficient (Wildman–Crippen LogP) is 4.51. The molecule has 1 aliphatic heterocycles. The summed E-state index contributed by atoms with van der Waals surface area (Å²) in [6.07, 6.45) is 5.93. The van der Waals surface area contributed by atoms with Gasteiger partial charge in [0.2, 0.25) is 5.95 Å². The highest BCUT2D eigenvalue weighted by Gasteiger charge is 2.12. The molecule has 7 nitrogen and oxygen atoms in total. The molecule has 0 spiro atoms. The highest BCUT2D eigenvalue weighted by atomic mass is 15.3. The van der Waals surface area contributed by atoms with E-state index in [9.17, 15) is 0 Å². The van der Waals surface area contributed by atoms with Crippen molar-refractivity contribution >= 4 is 39.7 Å². The Bertz CT molecular complexity index is 1120. The molecule has 0 atom stereocenters. The van der Waals surface area contributed by atoms with Crippen molar-refractivity contribution in [2.24, 2.45) is 0 Å². The molecule has 0 unspecified atom stereocenters. The summed E-state index contributed by atoms with van der Waals surface area (Å²) >= 11 is 0. The molecule has 3 heterocycles. The third-order valence-electron chi connectivity index (χ3n) is 5.05. The van der Waals surface area contributed by atoms with Gasteiger partial charge in [-0.3, -0.25) is 4.98 Å². The molecular formula is C22H21N7. The van der Waals surface area contributed by atoms with E-state index in [2.05, 4.69) is 60.0 Å². The van der Waals surface area contributed by atoms with E-state index in [1.165, 1.54) is 18.5 Å². The highest BCUT2D eigenvalue weighted by Crippen LogP contribution is 2.25. The van der Waals surface area contributed by atoms with Crippen molar-refractivity contribution in [3.63, 3.8) is 0 Å². The molecular weight excluding hydrogens is 362 g/mol. The van der Waals surface area contributed by atoms with Crippen molar-refractivity contribution in [2.75, 3.05) is 28.6 Å². The summed E-state index contributed by atoms with van der Waals surface area (Å²) in [5.41, 5.74) is 3.94. The van der Waals surface area contributed by atoms with Crippen molar-refractivity contribution in [1.82, 2.24) is 20.2 Å².